The lowest BCUT2D eigenvalue weighted by Crippen LogP contribution is -2.35. The van der Waals surface area contributed by atoms with E-state index in [1.165, 1.54) is 28.6 Å². The molecule has 1 aliphatic heterocycles. The number of fused-ring (bicyclic) bond motifs is 1. The van der Waals surface area contributed by atoms with Crippen LogP contribution in [0.5, 0.6) is 0 Å². The Bertz CT molecular complexity index is 1080. The lowest BCUT2D eigenvalue weighted by molar-refractivity contribution is 0.579. The second kappa shape index (κ2) is 6.77. The van der Waals surface area contributed by atoms with E-state index in [2.05, 4.69) is 4.72 Å². The van der Waals surface area contributed by atoms with E-state index >= 15 is 0 Å². The summed E-state index contributed by atoms with van der Waals surface area (Å²) in [6.07, 6.45) is 3.14. The van der Waals surface area contributed by atoms with Crippen molar-refractivity contribution >= 4 is 37.3 Å². The van der Waals surface area contributed by atoms with Gasteiger partial charge in [-0.2, -0.15) is 0 Å². The van der Waals surface area contributed by atoms with Crippen LogP contribution in [-0.4, -0.2) is 29.4 Å². The molecule has 0 aromatic heterocycles. The van der Waals surface area contributed by atoms with Gasteiger partial charge < -0.3 is 0 Å². The zero-order chi connectivity index (χ0) is 19.2. The average molecular weight is 427 g/mol. The minimum absolute atomic E-state index is 0.00455. The van der Waals surface area contributed by atoms with Gasteiger partial charge in [-0.15, -0.1) is 0 Å². The van der Waals surface area contributed by atoms with E-state index in [1.54, 1.807) is 18.2 Å². The first-order chi connectivity index (χ1) is 12.8. The Morgan fingerprint density at radius 3 is 2.30 bits per heavy atom. The van der Waals surface area contributed by atoms with Gasteiger partial charge in [0, 0.05) is 17.6 Å². The van der Waals surface area contributed by atoms with Gasteiger partial charge >= 0.3 is 0 Å². The summed E-state index contributed by atoms with van der Waals surface area (Å²) in [5.41, 5.74) is 1.52. The predicted octanol–water partition coefficient (Wildman–Crippen LogP) is 2.92. The number of halogens is 1. The van der Waals surface area contributed by atoms with Crippen LogP contribution >= 0.6 is 11.6 Å². The fourth-order valence-corrected chi connectivity index (χ4v) is 6.23. The molecule has 4 rings (SSSR count). The van der Waals surface area contributed by atoms with Gasteiger partial charge in [0.2, 0.25) is 10.0 Å². The Labute approximate surface area is 164 Å². The van der Waals surface area contributed by atoms with Crippen molar-refractivity contribution in [2.24, 2.45) is 0 Å². The minimum Gasteiger partial charge on any atom is -0.266 e. The summed E-state index contributed by atoms with van der Waals surface area (Å²) in [6.45, 7) is 0.375. The molecule has 1 saturated carbocycles. The summed E-state index contributed by atoms with van der Waals surface area (Å²) < 4.78 is 54.7. The van der Waals surface area contributed by atoms with Crippen molar-refractivity contribution in [3.05, 3.63) is 53.1 Å². The third kappa shape index (κ3) is 3.71. The van der Waals surface area contributed by atoms with Crippen LogP contribution in [0.2, 0.25) is 5.02 Å². The number of hydrogen-bond donors (Lipinski definition) is 1. The molecule has 1 aliphatic carbocycles. The van der Waals surface area contributed by atoms with Crippen molar-refractivity contribution in [3.8, 4) is 0 Å². The van der Waals surface area contributed by atoms with E-state index in [1.807, 2.05) is 0 Å². The monoisotopic (exact) mass is 426 g/mol. The smallest absolute Gasteiger partial charge is 0.264 e. The highest BCUT2D eigenvalue weighted by atomic mass is 35.5. The van der Waals surface area contributed by atoms with Crippen LogP contribution in [0.3, 0.4) is 0 Å². The largest absolute Gasteiger partial charge is 0.266 e. The number of sulfonamides is 2. The highest BCUT2D eigenvalue weighted by molar-refractivity contribution is 7.93. The van der Waals surface area contributed by atoms with E-state index in [0.717, 1.165) is 24.8 Å². The quantitative estimate of drug-likeness (QED) is 0.796. The van der Waals surface area contributed by atoms with Crippen LogP contribution in [0.15, 0.2) is 52.3 Å². The Morgan fingerprint density at radius 2 is 1.63 bits per heavy atom. The molecule has 9 heteroatoms. The lowest BCUT2D eigenvalue weighted by atomic mass is 10.0. The molecule has 2 aliphatic rings. The SMILES string of the molecule is O=S(=O)(NC1CC1)c1ccc(S(=O)(=O)N2CCCc3cc(Cl)ccc32)cc1. The summed E-state index contributed by atoms with van der Waals surface area (Å²) in [5, 5.41) is 0.575. The first-order valence-corrected chi connectivity index (χ1v) is 12.0. The summed E-state index contributed by atoms with van der Waals surface area (Å²) in [7, 11) is -7.40. The summed E-state index contributed by atoms with van der Waals surface area (Å²) in [5.74, 6) is 0. The van der Waals surface area contributed by atoms with Crippen LogP contribution in [0.25, 0.3) is 0 Å². The Balaban J connectivity index is 1.65. The molecule has 0 bridgehead atoms. The molecule has 1 fully saturated rings. The van der Waals surface area contributed by atoms with Gasteiger partial charge in [-0.05, 0) is 73.7 Å². The molecular weight excluding hydrogens is 408 g/mol. The number of benzene rings is 2. The number of nitrogens with one attached hydrogen (secondary N) is 1. The zero-order valence-electron chi connectivity index (χ0n) is 14.4. The van der Waals surface area contributed by atoms with Gasteiger partial charge in [-0.3, -0.25) is 4.31 Å². The van der Waals surface area contributed by atoms with Gasteiger partial charge in [-0.25, -0.2) is 21.6 Å². The molecule has 0 unspecified atom stereocenters. The molecule has 6 nitrogen and oxygen atoms in total. The van der Waals surface area contributed by atoms with Crippen LogP contribution in [0.1, 0.15) is 24.8 Å². The molecule has 0 atom stereocenters. The van der Waals surface area contributed by atoms with Gasteiger partial charge in [-0.1, -0.05) is 11.6 Å². The van der Waals surface area contributed by atoms with Crippen LogP contribution in [0, 0.1) is 0 Å². The highest BCUT2D eigenvalue weighted by Gasteiger charge is 2.31. The van der Waals surface area contributed by atoms with Crippen molar-refractivity contribution in [1.82, 2.24) is 4.72 Å². The number of nitrogens with zero attached hydrogens (tertiary/aromatic N) is 1. The highest BCUT2D eigenvalue weighted by Crippen LogP contribution is 2.34. The van der Waals surface area contributed by atoms with Gasteiger partial charge in [0.15, 0.2) is 0 Å². The van der Waals surface area contributed by atoms with Gasteiger partial charge in [0.25, 0.3) is 10.0 Å². The molecule has 0 spiro atoms. The number of aryl methyl sites for hydroxylation is 1. The molecule has 0 amide bonds. The standard InChI is InChI=1S/C18H19ClN2O4S2/c19-14-3-10-18-13(12-14)2-1-11-21(18)27(24,25)17-8-6-16(7-9-17)26(22,23)20-15-4-5-15/h3,6-10,12,15,20H,1-2,4-5,11H2. The molecule has 0 saturated heterocycles. The fourth-order valence-electron chi connectivity index (χ4n) is 3.19. The fraction of sp³-hybridized carbons (Fsp3) is 0.333. The van der Waals surface area contributed by atoms with E-state index in [9.17, 15) is 16.8 Å². The minimum atomic E-state index is -3.79. The number of anilines is 1. The van der Waals surface area contributed by atoms with Crippen molar-refractivity contribution < 1.29 is 16.8 Å². The molecule has 2 aromatic carbocycles. The van der Waals surface area contributed by atoms with Crippen molar-refractivity contribution in [2.75, 3.05) is 10.8 Å². The molecule has 1 heterocycles. The van der Waals surface area contributed by atoms with Crippen molar-refractivity contribution in [1.29, 1.82) is 0 Å². The Morgan fingerprint density at radius 1 is 0.963 bits per heavy atom. The second-order valence-electron chi connectivity index (χ2n) is 6.82. The maximum absolute atomic E-state index is 13.1. The van der Waals surface area contributed by atoms with Gasteiger partial charge in [0.05, 0.1) is 15.5 Å². The number of hydrogen-bond acceptors (Lipinski definition) is 4. The topological polar surface area (TPSA) is 83.5 Å². The Hall–Kier alpha value is -1.61. The lowest BCUT2D eigenvalue weighted by Gasteiger charge is -2.30. The average Bonchev–Trinajstić information content (AvgIpc) is 3.44. The van der Waals surface area contributed by atoms with Crippen LogP contribution < -0.4 is 9.03 Å². The molecule has 27 heavy (non-hydrogen) atoms. The second-order valence-corrected chi connectivity index (χ2v) is 10.8. The summed E-state index contributed by atoms with van der Waals surface area (Å²) >= 11 is 6.03. The van der Waals surface area contributed by atoms with Gasteiger partial charge in [0.1, 0.15) is 0 Å². The van der Waals surface area contributed by atoms with E-state index in [4.69, 9.17) is 11.6 Å². The van der Waals surface area contributed by atoms with Crippen molar-refractivity contribution in [3.63, 3.8) is 0 Å². The van der Waals surface area contributed by atoms with Crippen molar-refractivity contribution in [2.45, 2.75) is 41.5 Å². The Kier molecular flexibility index (Phi) is 4.70. The maximum atomic E-state index is 13.1. The summed E-state index contributed by atoms with van der Waals surface area (Å²) in [6, 6.07) is 10.5. The molecule has 144 valence electrons. The molecule has 2 aromatic rings. The third-order valence-corrected chi connectivity index (χ3v) is 8.34. The number of rotatable bonds is 5. The van der Waals surface area contributed by atoms with E-state index in [0.29, 0.717) is 23.7 Å². The molecule has 1 N–H and O–H groups in total. The first-order valence-electron chi connectivity index (χ1n) is 8.71. The van der Waals surface area contributed by atoms with E-state index in [-0.39, 0.29) is 15.8 Å². The first kappa shape index (κ1) is 18.7. The molecular formula is C18H19ClN2O4S2. The third-order valence-electron chi connectivity index (χ3n) is 4.74. The molecule has 0 radical (unpaired) electrons. The normalized spacial score (nSPS) is 17.6. The van der Waals surface area contributed by atoms with Crippen LogP contribution in [-0.2, 0) is 26.5 Å². The van der Waals surface area contributed by atoms with E-state index < -0.39 is 20.0 Å². The van der Waals surface area contributed by atoms with Crippen LogP contribution in [0.4, 0.5) is 5.69 Å². The predicted molar refractivity (Wildman–Crippen MR) is 104 cm³/mol. The maximum Gasteiger partial charge on any atom is 0.264 e. The zero-order valence-corrected chi connectivity index (χ0v) is 16.8. The summed E-state index contributed by atoms with van der Waals surface area (Å²) in [4.78, 5) is 0.134.